The van der Waals surface area contributed by atoms with Gasteiger partial charge in [0.15, 0.2) is 0 Å². The smallest absolute Gasteiger partial charge is 0.317 e. The lowest BCUT2D eigenvalue weighted by Gasteiger charge is -2.34. The van der Waals surface area contributed by atoms with Crippen molar-refractivity contribution in [1.82, 2.24) is 10.2 Å². The Labute approximate surface area is 139 Å². The third-order valence-corrected chi connectivity index (χ3v) is 5.02. The molecule has 1 aromatic carbocycles. The molecule has 0 radical (unpaired) electrons. The monoisotopic (exact) mass is 318 g/mol. The van der Waals surface area contributed by atoms with Gasteiger partial charge in [0.2, 0.25) is 0 Å². The number of hydrogen-bond donors (Lipinski definition) is 2. The normalized spacial score (nSPS) is 17.9. The van der Waals surface area contributed by atoms with Crippen LogP contribution in [0.4, 0.5) is 4.79 Å². The van der Waals surface area contributed by atoms with E-state index in [1.165, 1.54) is 11.1 Å². The molecule has 1 aromatic rings. The van der Waals surface area contributed by atoms with Gasteiger partial charge >= 0.3 is 6.03 Å². The minimum Gasteiger partial charge on any atom is -0.393 e. The molecule has 128 valence electrons. The molecule has 4 heteroatoms. The predicted octanol–water partition coefficient (Wildman–Crippen LogP) is 3.08. The van der Waals surface area contributed by atoms with Crippen molar-refractivity contribution in [2.24, 2.45) is 5.92 Å². The summed E-state index contributed by atoms with van der Waals surface area (Å²) in [6, 6.07) is 8.50. The molecule has 1 aliphatic heterocycles. The first-order valence-electron chi connectivity index (χ1n) is 8.57. The van der Waals surface area contributed by atoms with Crippen molar-refractivity contribution in [3.63, 3.8) is 0 Å². The second kappa shape index (κ2) is 7.35. The summed E-state index contributed by atoms with van der Waals surface area (Å²) in [4.78, 5) is 14.2. The van der Waals surface area contributed by atoms with Crippen LogP contribution in [0.3, 0.4) is 0 Å². The van der Waals surface area contributed by atoms with Gasteiger partial charge in [0.1, 0.15) is 0 Å². The zero-order chi connectivity index (χ0) is 17.0. The lowest BCUT2D eigenvalue weighted by Crippen LogP contribution is -2.48. The number of benzene rings is 1. The molecule has 1 aliphatic rings. The minimum atomic E-state index is -0.277. The number of aryl methyl sites for hydroxylation is 1. The van der Waals surface area contributed by atoms with E-state index in [0.717, 1.165) is 25.9 Å². The molecule has 0 saturated carbocycles. The lowest BCUT2D eigenvalue weighted by molar-refractivity contribution is 0.0796. The predicted molar refractivity (Wildman–Crippen MR) is 93.6 cm³/mol. The van der Waals surface area contributed by atoms with Crippen LogP contribution in [-0.2, 0) is 5.41 Å². The van der Waals surface area contributed by atoms with Gasteiger partial charge < -0.3 is 15.3 Å². The topological polar surface area (TPSA) is 52.6 Å². The first-order valence-corrected chi connectivity index (χ1v) is 8.57. The highest BCUT2D eigenvalue weighted by Gasteiger charge is 2.27. The largest absolute Gasteiger partial charge is 0.393 e. The number of aliphatic hydroxyl groups is 1. The minimum absolute atomic E-state index is 0.00855. The van der Waals surface area contributed by atoms with E-state index in [1.807, 2.05) is 11.8 Å². The van der Waals surface area contributed by atoms with Crippen LogP contribution in [0.1, 0.15) is 44.7 Å². The van der Waals surface area contributed by atoms with Crippen LogP contribution >= 0.6 is 0 Å². The van der Waals surface area contributed by atoms with E-state index >= 15 is 0 Å². The number of hydrogen-bond acceptors (Lipinski definition) is 2. The van der Waals surface area contributed by atoms with Crippen LogP contribution in [0.2, 0.25) is 0 Å². The average molecular weight is 318 g/mol. The number of carbonyl (C=O) groups excluding carboxylic acids is 1. The quantitative estimate of drug-likeness (QED) is 0.896. The van der Waals surface area contributed by atoms with Gasteiger partial charge in [-0.15, -0.1) is 0 Å². The second-order valence-electron chi connectivity index (χ2n) is 7.47. The molecule has 2 N–H and O–H groups in total. The molecular weight excluding hydrogens is 288 g/mol. The summed E-state index contributed by atoms with van der Waals surface area (Å²) in [6.45, 7) is 10.3. The lowest BCUT2D eigenvalue weighted by atomic mass is 9.84. The molecule has 1 heterocycles. The summed E-state index contributed by atoms with van der Waals surface area (Å²) in [5.74, 6) is 0.322. The third-order valence-electron chi connectivity index (χ3n) is 5.02. The van der Waals surface area contributed by atoms with Crippen LogP contribution in [0, 0.1) is 12.8 Å². The van der Waals surface area contributed by atoms with Crippen molar-refractivity contribution >= 4 is 6.03 Å². The number of nitrogens with zero attached hydrogens (tertiary/aromatic N) is 1. The molecule has 1 fully saturated rings. The van der Waals surface area contributed by atoms with Crippen molar-refractivity contribution in [2.75, 3.05) is 19.6 Å². The van der Waals surface area contributed by atoms with E-state index < -0.39 is 0 Å². The fourth-order valence-corrected chi connectivity index (χ4v) is 3.10. The zero-order valence-electron chi connectivity index (χ0n) is 14.8. The standard InChI is InChI=1S/C19H30N2O2/c1-14-5-7-17(8-6-14)19(3,4)13-20-18(23)21-11-9-16(10-12-21)15(2)22/h5-8,15-16,22H,9-13H2,1-4H3,(H,20,23). The zero-order valence-corrected chi connectivity index (χ0v) is 14.8. The van der Waals surface area contributed by atoms with Gasteiger partial charge in [0.25, 0.3) is 0 Å². The van der Waals surface area contributed by atoms with E-state index in [9.17, 15) is 9.90 Å². The summed E-state index contributed by atoms with van der Waals surface area (Å²) in [6.07, 6.45) is 1.49. The van der Waals surface area contributed by atoms with Gasteiger partial charge in [-0.05, 0) is 38.2 Å². The summed E-state index contributed by atoms with van der Waals surface area (Å²) in [5.41, 5.74) is 2.38. The third kappa shape index (κ3) is 4.71. The molecule has 0 aromatic heterocycles. The summed E-state index contributed by atoms with van der Waals surface area (Å²) < 4.78 is 0. The molecule has 23 heavy (non-hydrogen) atoms. The summed E-state index contributed by atoms with van der Waals surface area (Å²) in [7, 11) is 0. The average Bonchev–Trinajstić information content (AvgIpc) is 2.53. The Morgan fingerprint density at radius 3 is 2.39 bits per heavy atom. The molecule has 1 atom stereocenters. The van der Waals surface area contributed by atoms with E-state index in [2.05, 4.69) is 50.4 Å². The number of piperidine rings is 1. The number of carbonyl (C=O) groups is 1. The van der Waals surface area contributed by atoms with Gasteiger partial charge in [-0.3, -0.25) is 0 Å². The number of likely N-dealkylation sites (tertiary alicyclic amines) is 1. The van der Waals surface area contributed by atoms with Gasteiger partial charge in [0, 0.05) is 25.0 Å². The summed E-state index contributed by atoms with van der Waals surface area (Å²) in [5, 5.41) is 12.7. The van der Waals surface area contributed by atoms with Crippen LogP contribution in [-0.4, -0.2) is 41.8 Å². The van der Waals surface area contributed by atoms with Crippen molar-refractivity contribution in [1.29, 1.82) is 0 Å². The molecule has 1 unspecified atom stereocenters. The molecule has 0 spiro atoms. The molecular formula is C19H30N2O2. The first-order chi connectivity index (χ1) is 10.8. The van der Waals surface area contributed by atoms with E-state index in [0.29, 0.717) is 12.5 Å². The molecule has 1 saturated heterocycles. The van der Waals surface area contributed by atoms with Gasteiger partial charge in [-0.25, -0.2) is 4.79 Å². The maximum Gasteiger partial charge on any atom is 0.317 e. The Hall–Kier alpha value is -1.55. The summed E-state index contributed by atoms with van der Waals surface area (Å²) >= 11 is 0. The van der Waals surface area contributed by atoms with Gasteiger partial charge in [-0.2, -0.15) is 0 Å². The van der Waals surface area contributed by atoms with Crippen molar-refractivity contribution in [3.05, 3.63) is 35.4 Å². The number of amides is 2. The highest BCUT2D eigenvalue weighted by atomic mass is 16.3. The Morgan fingerprint density at radius 1 is 1.30 bits per heavy atom. The Balaban J connectivity index is 1.85. The Kier molecular flexibility index (Phi) is 5.69. The molecule has 0 bridgehead atoms. The second-order valence-corrected chi connectivity index (χ2v) is 7.47. The Morgan fingerprint density at radius 2 is 1.87 bits per heavy atom. The molecule has 0 aliphatic carbocycles. The maximum atomic E-state index is 12.4. The number of aliphatic hydroxyl groups excluding tert-OH is 1. The van der Waals surface area contributed by atoms with E-state index in [1.54, 1.807) is 0 Å². The molecule has 2 amide bonds. The SMILES string of the molecule is Cc1ccc(C(C)(C)CNC(=O)N2CCC(C(C)O)CC2)cc1. The fourth-order valence-electron chi connectivity index (χ4n) is 3.10. The maximum absolute atomic E-state index is 12.4. The van der Waals surface area contributed by atoms with Gasteiger partial charge in [-0.1, -0.05) is 43.7 Å². The van der Waals surface area contributed by atoms with Crippen molar-refractivity contribution < 1.29 is 9.90 Å². The van der Waals surface area contributed by atoms with Gasteiger partial charge in [0.05, 0.1) is 6.10 Å². The molecule has 2 rings (SSSR count). The number of nitrogens with one attached hydrogen (secondary N) is 1. The Bertz CT molecular complexity index is 515. The fraction of sp³-hybridized carbons (Fsp3) is 0.632. The van der Waals surface area contributed by atoms with E-state index in [-0.39, 0.29) is 17.6 Å². The van der Waals surface area contributed by atoms with Crippen molar-refractivity contribution in [3.8, 4) is 0 Å². The number of urea groups is 1. The van der Waals surface area contributed by atoms with Crippen molar-refractivity contribution in [2.45, 2.75) is 52.1 Å². The highest BCUT2D eigenvalue weighted by molar-refractivity contribution is 5.74. The van der Waals surface area contributed by atoms with E-state index in [4.69, 9.17) is 0 Å². The molecule has 4 nitrogen and oxygen atoms in total. The first kappa shape index (κ1) is 17.8. The van der Waals surface area contributed by atoms with Crippen LogP contribution in [0.15, 0.2) is 24.3 Å². The van der Waals surface area contributed by atoms with Crippen LogP contribution < -0.4 is 5.32 Å². The highest BCUT2D eigenvalue weighted by Crippen LogP contribution is 2.23. The van der Waals surface area contributed by atoms with Crippen LogP contribution in [0.5, 0.6) is 0 Å². The number of rotatable bonds is 4. The van der Waals surface area contributed by atoms with Crippen LogP contribution in [0.25, 0.3) is 0 Å².